The second-order valence-corrected chi connectivity index (χ2v) is 18.0. The molecule has 68 heavy (non-hydrogen) atoms. The van der Waals surface area contributed by atoms with Crippen LogP contribution in [0.25, 0.3) is 0 Å². The highest BCUT2D eigenvalue weighted by atomic mass is 16.6. The van der Waals surface area contributed by atoms with E-state index in [-0.39, 0.29) is 44.0 Å². The second kappa shape index (κ2) is 55.4. The van der Waals surface area contributed by atoms with Gasteiger partial charge in [0.1, 0.15) is 13.2 Å². The Labute approximate surface area is 418 Å². The molecule has 0 aromatic carbocycles. The van der Waals surface area contributed by atoms with Gasteiger partial charge in [-0.2, -0.15) is 0 Å². The topological polar surface area (TPSA) is 78.9 Å². The van der Waals surface area contributed by atoms with Crippen LogP contribution in [0.5, 0.6) is 0 Å². The van der Waals surface area contributed by atoms with Crippen LogP contribution in [-0.4, -0.2) is 37.2 Å². The molecule has 0 saturated heterocycles. The predicted molar refractivity (Wildman–Crippen MR) is 293 cm³/mol. The quantitative estimate of drug-likeness (QED) is 0.0262. The van der Waals surface area contributed by atoms with Crippen molar-refractivity contribution in [3.05, 3.63) is 122 Å². The molecule has 0 aliphatic heterocycles. The van der Waals surface area contributed by atoms with E-state index in [9.17, 15) is 14.4 Å². The third-order valence-corrected chi connectivity index (χ3v) is 11.4. The van der Waals surface area contributed by atoms with Crippen molar-refractivity contribution in [2.45, 2.75) is 239 Å². The molecular formula is C62H100O6. The van der Waals surface area contributed by atoms with Gasteiger partial charge in [-0.1, -0.05) is 284 Å². The molecule has 6 nitrogen and oxygen atoms in total. The molecule has 0 spiro atoms. The summed E-state index contributed by atoms with van der Waals surface area (Å²) in [5.41, 5.74) is 0. The zero-order valence-corrected chi connectivity index (χ0v) is 43.8. The summed E-state index contributed by atoms with van der Waals surface area (Å²) in [7, 11) is 0. The number of hydrogen-bond acceptors (Lipinski definition) is 6. The van der Waals surface area contributed by atoms with E-state index < -0.39 is 6.10 Å². The number of ether oxygens (including phenoxy) is 3. The van der Waals surface area contributed by atoms with Crippen LogP contribution in [0.4, 0.5) is 0 Å². The Hall–Kier alpha value is -4.19. The van der Waals surface area contributed by atoms with Crippen LogP contribution in [0.3, 0.4) is 0 Å². The lowest BCUT2D eigenvalue weighted by Crippen LogP contribution is -2.30. The van der Waals surface area contributed by atoms with Crippen molar-refractivity contribution < 1.29 is 28.6 Å². The average Bonchev–Trinajstić information content (AvgIpc) is 3.34. The highest BCUT2D eigenvalue weighted by molar-refractivity contribution is 5.71. The minimum absolute atomic E-state index is 0.113. The fourth-order valence-corrected chi connectivity index (χ4v) is 7.33. The van der Waals surface area contributed by atoms with Crippen molar-refractivity contribution in [1.82, 2.24) is 0 Å². The van der Waals surface area contributed by atoms with Crippen LogP contribution in [0.1, 0.15) is 233 Å². The first-order valence-electron chi connectivity index (χ1n) is 27.7. The maximum atomic E-state index is 12.8. The number of rotatable bonds is 48. The molecule has 0 radical (unpaired) electrons. The molecule has 0 N–H and O–H groups in total. The van der Waals surface area contributed by atoms with Gasteiger partial charge in [-0.05, 0) is 51.4 Å². The molecule has 0 heterocycles. The van der Waals surface area contributed by atoms with Crippen molar-refractivity contribution in [3.63, 3.8) is 0 Å². The van der Waals surface area contributed by atoms with E-state index in [4.69, 9.17) is 14.2 Å². The lowest BCUT2D eigenvalue weighted by Gasteiger charge is -2.18. The van der Waals surface area contributed by atoms with Gasteiger partial charge in [0.15, 0.2) is 6.10 Å². The minimum atomic E-state index is -0.823. The van der Waals surface area contributed by atoms with Crippen molar-refractivity contribution in [2.24, 2.45) is 0 Å². The van der Waals surface area contributed by atoms with Gasteiger partial charge in [-0.25, -0.2) is 0 Å². The lowest BCUT2D eigenvalue weighted by molar-refractivity contribution is -0.167. The maximum Gasteiger partial charge on any atom is 0.306 e. The summed E-state index contributed by atoms with van der Waals surface area (Å²) < 4.78 is 16.8. The maximum absolute atomic E-state index is 12.8. The Bertz CT molecular complexity index is 1450. The predicted octanol–water partition coefficient (Wildman–Crippen LogP) is 18.5. The van der Waals surface area contributed by atoms with Crippen LogP contribution < -0.4 is 0 Å². The fourth-order valence-electron chi connectivity index (χ4n) is 7.33. The molecule has 0 bridgehead atoms. The summed E-state index contributed by atoms with van der Waals surface area (Å²) in [6, 6.07) is 0. The number of hydrogen-bond donors (Lipinski definition) is 0. The molecule has 6 heteroatoms. The highest BCUT2D eigenvalue weighted by Crippen LogP contribution is 2.16. The van der Waals surface area contributed by atoms with Crippen LogP contribution in [-0.2, 0) is 28.6 Å². The normalized spacial score (nSPS) is 13.0. The Morgan fingerprint density at radius 3 is 1.01 bits per heavy atom. The molecule has 0 aromatic heterocycles. The summed E-state index contributed by atoms with van der Waals surface area (Å²) >= 11 is 0. The molecule has 0 aliphatic rings. The summed E-state index contributed by atoms with van der Waals surface area (Å²) in [6.07, 6.45) is 76.2. The molecule has 0 rings (SSSR count). The van der Waals surface area contributed by atoms with Gasteiger partial charge in [-0.15, -0.1) is 0 Å². The van der Waals surface area contributed by atoms with E-state index in [1.807, 2.05) is 91.1 Å². The summed E-state index contributed by atoms with van der Waals surface area (Å²) in [6.45, 7) is 6.32. The van der Waals surface area contributed by atoms with Gasteiger partial charge in [-0.3, -0.25) is 14.4 Å². The largest absolute Gasteiger partial charge is 0.462 e. The van der Waals surface area contributed by atoms with Crippen LogP contribution in [0.15, 0.2) is 122 Å². The summed E-state index contributed by atoms with van der Waals surface area (Å²) in [4.78, 5) is 38.1. The zero-order valence-electron chi connectivity index (χ0n) is 43.8. The standard InChI is InChI=1S/C62H100O6/c1-4-7-10-13-16-19-22-25-27-29-31-33-34-37-40-43-46-49-52-55-61(64)67-58-59(57-66-60(63)54-51-48-45-42-39-36-24-21-18-15-12-9-6-3)68-62(65)56-53-50-47-44-41-38-35-32-30-28-26-23-20-17-14-11-8-5-2/h9,11-12,14-15,17-18,20-21,23-24,26,28,30,32,35-36,39,42,45,59H,4-8,10,13,16,19,22,25,27,29,31,33-34,37-38,40-41,43-44,46-58H2,1-3H3/b12-9-,14-11-,18-15-,20-17-,24-21-,26-23-,30-28-,35-32-,39-36-,45-42-. The van der Waals surface area contributed by atoms with E-state index in [0.29, 0.717) is 12.8 Å². The van der Waals surface area contributed by atoms with Crippen LogP contribution >= 0.6 is 0 Å². The van der Waals surface area contributed by atoms with Gasteiger partial charge in [0.25, 0.3) is 0 Å². The highest BCUT2D eigenvalue weighted by Gasteiger charge is 2.19. The first-order valence-corrected chi connectivity index (χ1v) is 27.7. The van der Waals surface area contributed by atoms with Crippen molar-refractivity contribution >= 4 is 17.9 Å². The Balaban J connectivity index is 4.49. The van der Waals surface area contributed by atoms with Gasteiger partial charge < -0.3 is 14.2 Å². The van der Waals surface area contributed by atoms with Crippen molar-refractivity contribution in [1.29, 1.82) is 0 Å². The van der Waals surface area contributed by atoms with E-state index >= 15 is 0 Å². The van der Waals surface area contributed by atoms with Gasteiger partial charge in [0.05, 0.1) is 0 Å². The minimum Gasteiger partial charge on any atom is -0.462 e. The fraction of sp³-hybridized carbons (Fsp3) is 0.629. The average molecular weight is 941 g/mol. The summed E-state index contributed by atoms with van der Waals surface area (Å²) in [5.74, 6) is -1.02. The molecule has 0 aliphatic carbocycles. The first kappa shape index (κ1) is 63.8. The van der Waals surface area contributed by atoms with Gasteiger partial charge >= 0.3 is 17.9 Å². The Kier molecular flexibility index (Phi) is 52.0. The molecule has 0 amide bonds. The Morgan fingerprint density at radius 2 is 0.618 bits per heavy atom. The van der Waals surface area contributed by atoms with E-state index in [1.165, 1.54) is 109 Å². The number of carbonyl (C=O) groups is 3. The zero-order chi connectivity index (χ0) is 49.3. The number of esters is 3. The van der Waals surface area contributed by atoms with Crippen LogP contribution in [0, 0.1) is 0 Å². The third kappa shape index (κ3) is 52.8. The second-order valence-electron chi connectivity index (χ2n) is 18.0. The first-order chi connectivity index (χ1) is 33.5. The monoisotopic (exact) mass is 941 g/mol. The van der Waals surface area contributed by atoms with Gasteiger partial charge in [0, 0.05) is 19.3 Å². The van der Waals surface area contributed by atoms with Crippen molar-refractivity contribution in [2.75, 3.05) is 13.2 Å². The van der Waals surface area contributed by atoms with E-state index in [0.717, 1.165) is 77.0 Å². The molecule has 1 atom stereocenters. The molecule has 1 unspecified atom stereocenters. The number of allylic oxidation sites excluding steroid dienone is 20. The molecular weight excluding hydrogens is 841 g/mol. The third-order valence-electron chi connectivity index (χ3n) is 11.4. The lowest BCUT2D eigenvalue weighted by atomic mass is 10.0. The number of carbonyl (C=O) groups excluding carboxylic acids is 3. The SMILES string of the molecule is CC\C=C/C=C\C=C/C=C\C=C/CCCC(=O)OCC(COC(=O)CCCCCCCCCCCCCCCCCCCCC)OC(=O)CCCCCCC\C=C/C=C\C=C/C=C\C=C/CCC. The molecule has 0 fully saturated rings. The molecule has 0 aromatic rings. The van der Waals surface area contributed by atoms with E-state index in [1.54, 1.807) is 0 Å². The number of unbranched alkanes of at least 4 members (excludes halogenated alkanes) is 25. The Morgan fingerprint density at radius 1 is 0.309 bits per heavy atom. The smallest absolute Gasteiger partial charge is 0.306 e. The summed E-state index contributed by atoms with van der Waals surface area (Å²) in [5, 5.41) is 0. The van der Waals surface area contributed by atoms with Crippen molar-refractivity contribution in [3.8, 4) is 0 Å². The molecule has 0 saturated carbocycles. The van der Waals surface area contributed by atoms with E-state index in [2.05, 4.69) is 51.2 Å². The van der Waals surface area contributed by atoms with Gasteiger partial charge in [0.2, 0.25) is 0 Å². The molecule has 384 valence electrons. The van der Waals surface area contributed by atoms with Crippen LogP contribution in [0.2, 0.25) is 0 Å².